The van der Waals surface area contributed by atoms with Crippen LogP contribution in [0.3, 0.4) is 0 Å². The van der Waals surface area contributed by atoms with E-state index in [-0.39, 0.29) is 51.5 Å². The van der Waals surface area contributed by atoms with Crippen LogP contribution in [-0.2, 0) is 42.2 Å². The molecule has 0 saturated carbocycles. The number of aliphatic hydroxyl groups is 1. The number of methoxy groups -OCH3 is 1. The molecule has 0 aromatic heterocycles. The Hall–Kier alpha value is 0.00390. The van der Waals surface area contributed by atoms with Gasteiger partial charge in [0.05, 0.1) is 19.8 Å². The number of rotatable bonds is 6. The largest absolute Gasteiger partial charge is 0.522 e. The summed E-state index contributed by atoms with van der Waals surface area (Å²) >= 11 is 0. The fourth-order valence-electron chi connectivity index (χ4n) is 1.43. The standard InChI is InChI=1S/C7H13O3.C7H7O.Y/c1-2-9-6(3-4-8)7-5-10-7;1-8-7-5-3-2-4-6-7;/h6-8H,1-5H2;3-6H,1H3;/q2*-1;. The van der Waals surface area contributed by atoms with Crippen molar-refractivity contribution < 1.29 is 52.0 Å². The Labute approximate surface area is 140 Å². The molecular weight excluding hydrogens is 321 g/mol. The summed E-state index contributed by atoms with van der Waals surface area (Å²) in [5.74, 6) is 0.878. The second-order valence-electron chi connectivity index (χ2n) is 3.73. The van der Waals surface area contributed by atoms with Crippen LogP contribution < -0.4 is 4.74 Å². The summed E-state index contributed by atoms with van der Waals surface area (Å²) in [6.45, 7) is 4.93. The topological polar surface area (TPSA) is 51.2 Å². The van der Waals surface area contributed by atoms with E-state index < -0.39 is 0 Å². The fourth-order valence-corrected chi connectivity index (χ4v) is 1.43. The van der Waals surface area contributed by atoms with Crippen LogP contribution in [0.1, 0.15) is 6.42 Å². The van der Waals surface area contributed by atoms with E-state index in [1.54, 1.807) is 7.11 Å². The van der Waals surface area contributed by atoms with Gasteiger partial charge in [-0.2, -0.15) is 18.2 Å². The molecule has 1 aliphatic heterocycles. The molecule has 0 aliphatic carbocycles. The van der Waals surface area contributed by atoms with E-state index in [0.717, 1.165) is 12.4 Å². The summed E-state index contributed by atoms with van der Waals surface area (Å²) in [5.41, 5.74) is 0. The quantitative estimate of drug-likeness (QED) is 0.629. The van der Waals surface area contributed by atoms with Gasteiger partial charge in [-0.1, -0.05) is 6.61 Å². The zero-order valence-corrected chi connectivity index (χ0v) is 14.1. The fraction of sp³-hybridized carbons (Fsp3) is 0.500. The molecular formula is C14H20O4Y-2. The average Bonchev–Trinajstić information content (AvgIpc) is 3.25. The van der Waals surface area contributed by atoms with E-state index in [4.69, 9.17) is 19.3 Å². The minimum atomic E-state index is 0. The van der Waals surface area contributed by atoms with Crippen molar-refractivity contribution in [1.82, 2.24) is 0 Å². The summed E-state index contributed by atoms with van der Waals surface area (Å²) in [4.78, 5) is 0. The Morgan fingerprint density at radius 3 is 2.53 bits per heavy atom. The number of ether oxygens (including phenoxy) is 3. The molecule has 1 aromatic carbocycles. The van der Waals surface area contributed by atoms with Crippen LogP contribution in [-0.4, -0.2) is 44.2 Å². The van der Waals surface area contributed by atoms with Gasteiger partial charge in [0.2, 0.25) is 0 Å². The molecule has 0 bridgehead atoms. The minimum Gasteiger partial charge on any atom is -0.522 e. The molecule has 1 fully saturated rings. The maximum atomic E-state index is 8.58. The normalized spacial score (nSPS) is 17.5. The molecule has 2 atom stereocenters. The minimum absolute atomic E-state index is 0. The molecule has 4 nitrogen and oxygen atoms in total. The summed E-state index contributed by atoms with van der Waals surface area (Å²) < 4.78 is 15.1. The third-order valence-corrected chi connectivity index (χ3v) is 2.44. The number of epoxide rings is 1. The van der Waals surface area contributed by atoms with Gasteiger partial charge in [-0.3, -0.25) is 0 Å². The van der Waals surface area contributed by atoms with Crippen LogP contribution in [0, 0.1) is 13.0 Å². The van der Waals surface area contributed by atoms with E-state index >= 15 is 0 Å². The first kappa shape index (κ1) is 19.0. The Morgan fingerprint density at radius 2 is 2.16 bits per heavy atom. The second kappa shape index (κ2) is 11.8. The van der Waals surface area contributed by atoms with Crippen molar-refractivity contribution in [1.29, 1.82) is 0 Å². The molecule has 105 valence electrons. The molecule has 1 radical (unpaired) electrons. The summed E-state index contributed by atoms with van der Waals surface area (Å²) in [7, 11) is 1.65. The van der Waals surface area contributed by atoms with Gasteiger partial charge in [-0.25, -0.2) is 0 Å². The van der Waals surface area contributed by atoms with Crippen LogP contribution in [0.25, 0.3) is 0 Å². The summed E-state index contributed by atoms with van der Waals surface area (Å²) in [6, 6.07) is 10.2. The molecule has 1 heterocycles. The van der Waals surface area contributed by atoms with Gasteiger partial charge in [0.15, 0.2) is 0 Å². The van der Waals surface area contributed by atoms with Gasteiger partial charge in [-0.15, -0.1) is 12.1 Å². The molecule has 1 saturated heterocycles. The predicted octanol–water partition coefficient (Wildman–Crippen LogP) is 1.48. The maximum absolute atomic E-state index is 8.58. The molecule has 0 amide bonds. The average molecular weight is 341 g/mol. The SMILES string of the molecule is COc1cc[c-]cc1.[CH2-]COC(CCO)C1CO1.[Y]. The monoisotopic (exact) mass is 341 g/mol. The van der Waals surface area contributed by atoms with Crippen LogP contribution >= 0.6 is 0 Å². The first-order chi connectivity index (χ1) is 8.81. The molecule has 2 rings (SSSR count). The third kappa shape index (κ3) is 8.71. The molecule has 19 heavy (non-hydrogen) atoms. The van der Waals surface area contributed by atoms with Crippen LogP contribution in [0.2, 0.25) is 0 Å². The van der Waals surface area contributed by atoms with Crippen molar-refractivity contribution in [2.75, 3.05) is 26.9 Å². The van der Waals surface area contributed by atoms with E-state index in [1.807, 2.05) is 24.3 Å². The maximum Gasteiger partial charge on any atom is 0.107 e. The zero-order valence-electron chi connectivity index (χ0n) is 11.2. The van der Waals surface area contributed by atoms with Gasteiger partial charge in [0, 0.05) is 45.1 Å². The van der Waals surface area contributed by atoms with Crippen LogP contribution in [0.15, 0.2) is 24.3 Å². The first-order valence-corrected chi connectivity index (χ1v) is 5.95. The van der Waals surface area contributed by atoms with Gasteiger partial charge in [0.1, 0.15) is 6.10 Å². The number of hydrogen-bond acceptors (Lipinski definition) is 4. The predicted molar refractivity (Wildman–Crippen MR) is 68.4 cm³/mol. The van der Waals surface area contributed by atoms with Crippen molar-refractivity contribution in [2.24, 2.45) is 0 Å². The van der Waals surface area contributed by atoms with Crippen LogP contribution in [0.4, 0.5) is 0 Å². The Kier molecular flexibility index (Phi) is 11.8. The molecule has 1 aromatic rings. The summed E-state index contributed by atoms with van der Waals surface area (Å²) in [5, 5.41) is 8.58. The van der Waals surface area contributed by atoms with Gasteiger partial charge >= 0.3 is 0 Å². The number of benzene rings is 1. The van der Waals surface area contributed by atoms with E-state index in [2.05, 4.69) is 13.0 Å². The van der Waals surface area contributed by atoms with Crippen LogP contribution in [0.5, 0.6) is 5.75 Å². The van der Waals surface area contributed by atoms with Crippen molar-refractivity contribution >= 4 is 0 Å². The van der Waals surface area contributed by atoms with E-state index in [9.17, 15) is 0 Å². The third-order valence-electron chi connectivity index (χ3n) is 2.44. The van der Waals surface area contributed by atoms with E-state index in [1.165, 1.54) is 0 Å². The van der Waals surface area contributed by atoms with Crippen molar-refractivity contribution in [3.8, 4) is 5.75 Å². The Balaban J connectivity index is 0.000000331. The molecule has 1 aliphatic rings. The van der Waals surface area contributed by atoms with Gasteiger partial charge in [-0.05, 0) is 6.42 Å². The molecule has 0 spiro atoms. The number of hydrogen-bond donors (Lipinski definition) is 1. The van der Waals surface area contributed by atoms with Crippen molar-refractivity contribution in [3.05, 3.63) is 37.3 Å². The van der Waals surface area contributed by atoms with Gasteiger partial charge in [0.25, 0.3) is 0 Å². The molecule has 1 N–H and O–H groups in total. The van der Waals surface area contributed by atoms with Crippen molar-refractivity contribution in [3.63, 3.8) is 0 Å². The van der Waals surface area contributed by atoms with E-state index in [0.29, 0.717) is 13.0 Å². The summed E-state index contributed by atoms with van der Waals surface area (Å²) in [6.07, 6.45) is 0.927. The smallest absolute Gasteiger partial charge is 0.107 e. The molecule has 5 heteroatoms. The Bertz CT molecular complexity index is 298. The first-order valence-electron chi connectivity index (χ1n) is 5.95. The number of aliphatic hydroxyl groups excluding tert-OH is 1. The molecule has 2 unspecified atom stereocenters. The Morgan fingerprint density at radius 1 is 1.53 bits per heavy atom. The van der Waals surface area contributed by atoms with Crippen molar-refractivity contribution in [2.45, 2.75) is 18.6 Å². The van der Waals surface area contributed by atoms with Gasteiger partial charge < -0.3 is 26.2 Å². The second-order valence-corrected chi connectivity index (χ2v) is 3.73. The zero-order chi connectivity index (χ0) is 13.2.